The Morgan fingerprint density at radius 3 is 2.59 bits per heavy atom. The summed E-state index contributed by atoms with van der Waals surface area (Å²) >= 11 is 6.97. The zero-order chi connectivity index (χ0) is 19.6. The zero-order valence-electron chi connectivity index (χ0n) is 14.9. The first-order valence-corrected chi connectivity index (χ1v) is 9.39. The van der Waals surface area contributed by atoms with E-state index < -0.39 is 11.1 Å². The van der Waals surface area contributed by atoms with Crippen LogP contribution in [-0.4, -0.2) is 31.4 Å². The lowest BCUT2D eigenvalue weighted by Gasteiger charge is -2.12. The van der Waals surface area contributed by atoms with Crippen molar-refractivity contribution < 1.29 is 9.18 Å². The van der Waals surface area contributed by atoms with Gasteiger partial charge in [-0.15, -0.1) is 5.10 Å². The van der Waals surface area contributed by atoms with E-state index in [1.165, 1.54) is 30.0 Å². The summed E-state index contributed by atoms with van der Waals surface area (Å²) in [6.07, 6.45) is 0. The first-order chi connectivity index (χ1) is 12.8. The average molecular weight is 406 g/mol. The molecule has 3 rings (SSSR count). The van der Waals surface area contributed by atoms with Gasteiger partial charge in [-0.1, -0.05) is 29.4 Å². The number of tetrazole rings is 1. The molecular formula is C18H17ClFN5OS. The topological polar surface area (TPSA) is 72.7 Å². The predicted octanol–water partition coefficient (Wildman–Crippen LogP) is 4.19. The number of anilines is 1. The molecule has 0 saturated heterocycles. The van der Waals surface area contributed by atoms with Gasteiger partial charge in [0.25, 0.3) is 0 Å². The molecule has 6 nitrogen and oxygen atoms in total. The minimum absolute atomic E-state index is 0.0492. The summed E-state index contributed by atoms with van der Waals surface area (Å²) in [5, 5.41) is 14.5. The predicted molar refractivity (Wildman–Crippen MR) is 104 cm³/mol. The van der Waals surface area contributed by atoms with E-state index in [2.05, 4.69) is 26.9 Å². The molecule has 0 fully saturated rings. The zero-order valence-corrected chi connectivity index (χ0v) is 16.5. The molecule has 1 amide bonds. The van der Waals surface area contributed by atoms with E-state index >= 15 is 0 Å². The van der Waals surface area contributed by atoms with Gasteiger partial charge in [0, 0.05) is 5.69 Å². The first-order valence-electron chi connectivity index (χ1n) is 8.13. The van der Waals surface area contributed by atoms with Gasteiger partial charge in [0.1, 0.15) is 5.82 Å². The molecule has 1 atom stereocenters. The monoisotopic (exact) mass is 405 g/mol. The van der Waals surface area contributed by atoms with Gasteiger partial charge < -0.3 is 5.32 Å². The van der Waals surface area contributed by atoms with E-state index in [0.29, 0.717) is 10.8 Å². The van der Waals surface area contributed by atoms with Crippen LogP contribution in [0.1, 0.15) is 18.1 Å². The molecule has 0 aliphatic heterocycles. The molecule has 2 aromatic carbocycles. The second-order valence-electron chi connectivity index (χ2n) is 6.10. The molecular weight excluding hydrogens is 389 g/mol. The van der Waals surface area contributed by atoms with Crippen LogP contribution in [-0.2, 0) is 4.79 Å². The molecule has 0 saturated carbocycles. The van der Waals surface area contributed by atoms with Gasteiger partial charge in [-0.25, -0.2) is 4.39 Å². The third kappa shape index (κ3) is 4.64. The number of halogens is 2. The smallest absolute Gasteiger partial charge is 0.237 e. The standard InChI is InChI=1S/C18H17ClFN5OS/c1-10-6-11(2)8-14(7-10)25-18(22-23-24-25)27-12(3)17(26)21-13-4-5-16(20)15(19)9-13/h4-9,12H,1-3H3,(H,21,26)/t12-/m1/s1. The van der Waals surface area contributed by atoms with Crippen LogP contribution in [0.5, 0.6) is 0 Å². The Morgan fingerprint density at radius 2 is 1.93 bits per heavy atom. The summed E-state index contributed by atoms with van der Waals surface area (Å²) in [6, 6.07) is 10.0. The SMILES string of the molecule is Cc1cc(C)cc(-n2nnnc2S[C@H](C)C(=O)Nc2ccc(F)c(Cl)c2)c1. The maximum Gasteiger partial charge on any atom is 0.237 e. The Kier molecular flexibility index (Phi) is 5.76. The van der Waals surface area contributed by atoms with Gasteiger partial charge in [-0.2, -0.15) is 4.68 Å². The highest BCUT2D eigenvalue weighted by Gasteiger charge is 2.20. The van der Waals surface area contributed by atoms with Crippen molar-refractivity contribution in [3.05, 3.63) is 58.4 Å². The fourth-order valence-electron chi connectivity index (χ4n) is 2.52. The number of hydrogen-bond acceptors (Lipinski definition) is 5. The molecule has 0 aliphatic rings. The number of carbonyl (C=O) groups is 1. The number of nitrogens with one attached hydrogen (secondary N) is 1. The first kappa shape index (κ1) is 19.3. The van der Waals surface area contributed by atoms with Crippen molar-refractivity contribution in [2.45, 2.75) is 31.2 Å². The molecule has 27 heavy (non-hydrogen) atoms. The second kappa shape index (κ2) is 8.06. The fraction of sp³-hybridized carbons (Fsp3) is 0.222. The summed E-state index contributed by atoms with van der Waals surface area (Å²) in [5.74, 6) is -0.803. The van der Waals surface area contributed by atoms with Crippen LogP contribution in [0.15, 0.2) is 41.6 Å². The molecule has 140 valence electrons. The summed E-state index contributed by atoms with van der Waals surface area (Å²) in [7, 11) is 0. The second-order valence-corrected chi connectivity index (χ2v) is 7.81. The van der Waals surface area contributed by atoms with E-state index in [0.717, 1.165) is 16.8 Å². The van der Waals surface area contributed by atoms with Crippen molar-refractivity contribution in [3.63, 3.8) is 0 Å². The van der Waals surface area contributed by atoms with E-state index in [1.54, 1.807) is 11.6 Å². The lowest BCUT2D eigenvalue weighted by molar-refractivity contribution is -0.115. The largest absolute Gasteiger partial charge is 0.325 e. The van der Waals surface area contributed by atoms with Crippen LogP contribution in [0.4, 0.5) is 10.1 Å². The molecule has 0 aliphatic carbocycles. The number of benzene rings is 2. The van der Waals surface area contributed by atoms with Gasteiger partial charge in [0.2, 0.25) is 11.1 Å². The van der Waals surface area contributed by atoms with Crippen LogP contribution in [0.25, 0.3) is 5.69 Å². The quantitative estimate of drug-likeness (QED) is 0.644. The summed E-state index contributed by atoms with van der Waals surface area (Å²) < 4.78 is 14.8. The normalized spacial score (nSPS) is 12.0. The molecule has 1 aromatic heterocycles. The summed E-state index contributed by atoms with van der Waals surface area (Å²) in [6.45, 7) is 5.74. The molecule has 9 heteroatoms. The number of aryl methyl sites for hydroxylation is 2. The van der Waals surface area contributed by atoms with E-state index in [4.69, 9.17) is 11.6 Å². The van der Waals surface area contributed by atoms with Crippen LogP contribution < -0.4 is 5.32 Å². The molecule has 0 unspecified atom stereocenters. The van der Waals surface area contributed by atoms with Crippen LogP contribution in [0, 0.1) is 19.7 Å². The van der Waals surface area contributed by atoms with Crippen LogP contribution in [0.3, 0.4) is 0 Å². The Hall–Kier alpha value is -2.45. The highest BCUT2D eigenvalue weighted by Crippen LogP contribution is 2.25. The number of hydrogen-bond donors (Lipinski definition) is 1. The minimum Gasteiger partial charge on any atom is -0.325 e. The number of aromatic nitrogens is 4. The number of nitrogens with zero attached hydrogens (tertiary/aromatic N) is 4. The Bertz CT molecular complexity index is 973. The third-order valence-electron chi connectivity index (χ3n) is 3.73. The lowest BCUT2D eigenvalue weighted by Crippen LogP contribution is -2.23. The third-order valence-corrected chi connectivity index (χ3v) is 5.05. The highest BCUT2D eigenvalue weighted by atomic mass is 35.5. The van der Waals surface area contributed by atoms with Gasteiger partial charge in [-0.05, 0) is 72.7 Å². The molecule has 0 spiro atoms. The average Bonchev–Trinajstić information content (AvgIpc) is 3.05. The Balaban J connectivity index is 1.74. The van der Waals surface area contributed by atoms with Gasteiger partial charge >= 0.3 is 0 Å². The van der Waals surface area contributed by atoms with Crippen molar-refractivity contribution in [1.29, 1.82) is 0 Å². The highest BCUT2D eigenvalue weighted by molar-refractivity contribution is 8.00. The Labute approximate surface area is 165 Å². The number of rotatable bonds is 5. The van der Waals surface area contributed by atoms with Crippen molar-refractivity contribution >= 4 is 35.0 Å². The maximum atomic E-state index is 13.2. The van der Waals surface area contributed by atoms with Gasteiger partial charge in [0.15, 0.2) is 0 Å². The number of carbonyl (C=O) groups excluding carboxylic acids is 1. The molecule has 1 heterocycles. The van der Waals surface area contributed by atoms with Gasteiger partial charge in [-0.3, -0.25) is 4.79 Å². The lowest BCUT2D eigenvalue weighted by atomic mass is 10.1. The number of thioether (sulfide) groups is 1. The molecule has 3 aromatic rings. The summed E-state index contributed by atoms with van der Waals surface area (Å²) in [4.78, 5) is 12.4. The minimum atomic E-state index is -0.537. The van der Waals surface area contributed by atoms with E-state index in [-0.39, 0.29) is 10.9 Å². The van der Waals surface area contributed by atoms with Crippen molar-refractivity contribution in [3.8, 4) is 5.69 Å². The Morgan fingerprint density at radius 1 is 1.22 bits per heavy atom. The number of amides is 1. The van der Waals surface area contributed by atoms with E-state index in [9.17, 15) is 9.18 Å². The van der Waals surface area contributed by atoms with Crippen molar-refractivity contribution in [2.75, 3.05) is 5.32 Å². The molecule has 0 radical (unpaired) electrons. The van der Waals surface area contributed by atoms with E-state index in [1.807, 2.05) is 26.0 Å². The maximum absolute atomic E-state index is 13.2. The summed E-state index contributed by atoms with van der Waals surface area (Å²) in [5.41, 5.74) is 3.44. The molecule has 1 N–H and O–H groups in total. The molecule has 0 bridgehead atoms. The van der Waals surface area contributed by atoms with Crippen molar-refractivity contribution in [2.24, 2.45) is 0 Å². The van der Waals surface area contributed by atoms with Crippen LogP contribution in [0.2, 0.25) is 5.02 Å². The van der Waals surface area contributed by atoms with Crippen molar-refractivity contribution in [1.82, 2.24) is 20.2 Å². The van der Waals surface area contributed by atoms with Crippen LogP contribution >= 0.6 is 23.4 Å². The van der Waals surface area contributed by atoms with Gasteiger partial charge in [0.05, 0.1) is 16.0 Å². The fourth-order valence-corrected chi connectivity index (χ4v) is 3.50.